The first-order chi connectivity index (χ1) is 9.24. The molecule has 0 unspecified atom stereocenters. The van der Waals surface area contributed by atoms with E-state index in [0.717, 1.165) is 16.7 Å². The topological polar surface area (TPSA) is 38.9 Å². The second kappa shape index (κ2) is 4.86. The van der Waals surface area contributed by atoms with Crippen LogP contribution >= 0.6 is 11.6 Å². The number of nitrogens with zero attached hydrogens (tertiary/aromatic N) is 2. The lowest BCUT2D eigenvalue weighted by Gasteiger charge is -1.99. The molecule has 4 heteroatoms. The van der Waals surface area contributed by atoms with Crippen LogP contribution in [0.1, 0.15) is 5.56 Å². The molecule has 3 nitrogen and oxygen atoms in total. The van der Waals surface area contributed by atoms with Crippen LogP contribution in [-0.2, 0) is 0 Å². The lowest BCUT2D eigenvalue weighted by molar-refractivity contribution is 0.584. The van der Waals surface area contributed by atoms with E-state index in [2.05, 4.69) is 10.2 Å². The molecule has 0 aliphatic carbocycles. The van der Waals surface area contributed by atoms with Gasteiger partial charge in [-0.25, -0.2) is 0 Å². The van der Waals surface area contributed by atoms with Crippen LogP contribution in [0, 0.1) is 6.92 Å². The van der Waals surface area contributed by atoms with Crippen LogP contribution in [0.15, 0.2) is 52.9 Å². The van der Waals surface area contributed by atoms with Gasteiger partial charge in [0, 0.05) is 16.1 Å². The van der Waals surface area contributed by atoms with Gasteiger partial charge in [0.2, 0.25) is 11.8 Å². The van der Waals surface area contributed by atoms with Crippen molar-refractivity contribution in [3.63, 3.8) is 0 Å². The molecule has 0 spiro atoms. The Morgan fingerprint density at radius 1 is 0.895 bits per heavy atom. The van der Waals surface area contributed by atoms with E-state index in [4.69, 9.17) is 16.0 Å². The quantitative estimate of drug-likeness (QED) is 0.694. The van der Waals surface area contributed by atoms with Gasteiger partial charge in [0.25, 0.3) is 0 Å². The fourth-order valence-electron chi connectivity index (χ4n) is 1.76. The molecule has 0 fully saturated rings. The lowest BCUT2D eigenvalue weighted by Crippen LogP contribution is -1.80. The van der Waals surface area contributed by atoms with Crippen molar-refractivity contribution >= 4 is 11.6 Å². The maximum atomic E-state index is 6.10. The van der Waals surface area contributed by atoms with E-state index in [1.54, 1.807) is 0 Å². The second-order valence-electron chi connectivity index (χ2n) is 4.24. The highest BCUT2D eigenvalue weighted by Gasteiger charge is 2.10. The Kier molecular flexibility index (Phi) is 3.05. The van der Waals surface area contributed by atoms with E-state index in [1.165, 1.54) is 0 Å². The fraction of sp³-hybridized carbons (Fsp3) is 0.0667. The zero-order valence-electron chi connectivity index (χ0n) is 10.3. The number of aromatic nitrogens is 2. The van der Waals surface area contributed by atoms with Crippen molar-refractivity contribution in [1.29, 1.82) is 0 Å². The Bertz CT molecular complexity index is 707. The molecule has 3 rings (SSSR count). The Morgan fingerprint density at radius 2 is 1.58 bits per heavy atom. The Morgan fingerprint density at radius 3 is 2.26 bits per heavy atom. The van der Waals surface area contributed by atoms with Crippen molar-refractivity contribution in [3.05, 3.63) is 59.1 Å². The summed E-state index contributed by atoms with van der Waals surface area (Å²) in [5.74, 6) is 0.980. The number of halogens is 1. The average Bonchev–Trinajstić information content (AvgIpc) is 2.93. The summed E-state index contributed by atoms with van der Waals surface area (Å²) in [6, 6.07) is 15.4. The molecule has 0 aliphatic heterocycles. The molecular weight excluding hydrogens is 260 g/mol. The minimum atomic E-state index is 0.473. The third kappa shape index (κ3) is 2.37. The van der Waals surface area contributed by atoms with Crippen molar-refractivity contribution in [2.75, 3.05) is 0 Å². The van der Waals surface area contributed by atoms with Gasteiger partial charge in [-0.2, -0.15) is 0 Å². The molecule has 0 atom stereocenters. The fourth-order valence-corrected chi connectivity index (χ4v) is 1.94. The summed E-state index contributed by atoms with van der Waals surface area (Å²) >= 11 is 6.10. The molecule has 0 amide bonds. The molecule has 0 saturated carbocycles. The summed E-state index contributed by atoms with van der Waals surface area (Å²) in [4.78, 5) is 0. The van der Waals surface area contributed by atoms with Gasteiger partial charge in [-0.3, -0.25) is 0 Å². The summed E-state index contributed by atoms with van der Waals surface area (Å²) in [6.45, 7) is 1.95. The van der Waals surface area contributed by atoms with Crippen LogP contribution in [0.4, 0.5) is 0 Å². The van der Waals surface area contributed by atoms with Gasteiger partial charge in [-0.05, 0) is 36.8 Å². The molecule has 2 aromatic carbocycles. The van der Waals surface area contributed by atoms with E-state index in [9.17, 15) is 0 Å². The van der Waals surface area contributed by atoms with Gasteiger partial charge in [-0.1, -0.05) is 35.9 Å². The van der Waals surface area contributed by atoms with Crippen molar-refractivity contribution in [3.8, 4) is 22.9 Å². The second-order valence-corrected chi connectivity index (χ2v) is 4.65. The highest BCUT2D eigenvalue weighted by atomic mass is 35.5. The summed E-state index contributed by atoms with van der Waals surface area (Å²) in [5, 5.41) is 8.81. The highest BCUT2D eigenvalue weighted by Crippen LogP contribution is 2.26. The molecule has 1 heterocycles. The molecule has 19 heavy (non-hydrogen) atoms. The third-order valence-corrected chi connectivity index (χ3v) is 3.27. The monoisotopic (exact) mass is 270 g/mol. The van der Waals surface area contributed by atoms with E-state index in [0.29, 0.717) is 16.8 Å². The van der Waals surface area contributed by atoms with Crippen molar-refractivity contribution in [2.45, 2.75) is 6.92 Å². The Hall–Kier alpha value is -2.13. The minimum Gasteiger partial charge on any atom is -0.416 e. The highest BCUT2D eigenvalue weighted by molar-refractivity contribution is 6.31. The number of rotatable bonds is 2. The summed E-state index contributed by atoms with van der Waals surface area (Å²) in [5.41, 5.74) is 2.75. The van der Waals surface area contributed by atoms with Crippen molar-refractivity contribution in [1.82, 2.24) is 10.2 Å². The van der Waals surface area contributed by atoms with Gasteiger partial charge in [-0.15, -0.1) is 10.2 Å². The molecule has 3 aromatic rings. The normalized spacial score (nSPS) is 10.6. The Labute approximate surface area is 115 Å². The van der Waals surface area contributed by atoms with Crippen molar-refractivity contribution in [2.24, 2.45) is 0 Å². The molecule has 94 valence electrons. The zero-order chi connectivity index (χ0) is 13.2. The third-order valence-electron chi connectivity index (χ3n) is 2.86. The largest absolute Gasteiger partial charge is 0.416 e. The molecule has 0 N–H and O–H groups in total. The molecule has 0 saturated heterocycles. The van der Waals surface area contributed by atoms with E-state index < -0.39 is 0 Å². The van der Waals surface area contributed by atoms with E-state index in [-0.39, 0.29) is 0 Å². The first kappa shape index (κ1) is 11.9. The average molecular weight is 271 g/mol. The van der Waals surface area contributed by atoms with Crippen LogP contribution in [-0.4, -0.2) is 10.2 Å². The Balaban J connectivity index is 1.99. The molecule has 1 aromatic heterocycles. The van der Waals surface area contributed by atoms with Crippen LogP contribution in [0.3, 0.4) is 0 Å². The van der Waals surface area contributed by atoms with E-state index in [1.807, 2.05) is 55.5 Å². The van der Waals surface area contributed by atoms with Crippen LogP contribution in [0.2, 0.25) is 5.02 Å². The first-order valence-electron chi connectivity index (χ1n) is 5.89. The SMILES string of the molecule is Cc1ccc(-c2nnc(-c3ccccc3)o2)cc1Cl. The number of aryl methyl sites for hydroxylation is 1. The van der Waals surface area contributed by atoms with Crippen LogP contribution < -0.4 is 0 Å². The van der Waals surface area contributed by atoms with Crippen LogP contribution in [0.5, 0.6) is 0 Å². The lowest BCUT2D eigenvalue weighted by atomic mass is 10.1. The van der Waals surface area contributed by atoms with Gasteiger partial charge in [0.15, 0.2) is 0 Å². The van der Waals surface area contributed by atoms with E-state index >= 15 is 0 Å². The summed E-state index contributed by atoms with van der Waals surface area (Å²) in [6.07, 6.45) is 0. The first-order valence-corrected chi connectivity index (χ1v) is 6.27. The number of benzene rings is 2. The molecular formula is C15H11ClN2O. The molecule has 0 bridgehead atoms. The maximum absolute atomic E-state index is 6.10. The summed E-state index contributed by atoms with van der Waals surface area (Å²) in [7, 11) is 0. The summed E-state index contributed by atoms with van der Waals surface area (Å²) < 4.78 is 5.67. The molecule has 0 aliphatic rings. The zero-order valence-corrected chi connectivity index (χ0v) is 11.1. The standard InChI is InChI=1S/C15H11ClN2O/c1-10-7-8-12(9-13(10)16)15-18-17-14(19-15)11-5-3-2-4-6-11/h2-9H,1H3. The minimum absolute atomic E-state index is 0.473. The van der Waals surface area contributed by atoms with Gasteiger partial charge < -0.3 is 4.42 Å². The van der Waals surface area contributed by atoms with Crippen LogP contribution in [0.25, 0.3) is 22.9 Å². The number of hydrogen-bond acceptors (Lipinski definition) is 3. The maximum Gasteiger partial charge on any atom is 0.248 e. The van der Waals surface area contributed by atoms with Gasteiger partial charge in [0.05, 0.1) is 0 Å². The van der Waals surface area contributed by atoms with Gasteiger partial charge >= 0.3 is 0 Å². The van der Waals surface area contributed by atoms with Crippen molar-refractivity contribution < 1.29 is 4.42 Å². The number of hydrogen-bond donors (Lipinski definition) is 0. The smallest absolute Gasteiger partial charge is 0.248 e. The predicted molar refractivity (Wildman–Crippen MR) is 74.9 cm³/mol. The molecule has 0 radical (unpaired) electrons. The van der Waals surface area contributed by atoms with Gasteiger partial charge in [0.1, 0.15) is 0 Å². The predicted octanol–water partition coefficient (Wildman–Crippen LogP) is 4.37.